The first-order valence-electron chi connectivity index (χ1n) is 9.47. The molecule has 0 saturated carbocycles. The minimum absolute atomic E-state index is 0.0451. The lowest BCUT2D eigenvalue weighted by Crippen LogP contribution is -2.51. The molecule has 2 heterocycles. The van der Waals surface area contributed by atoms with Gasteiger partial charge < -0.3 is 21.3 Å². The van der Waals surface area contributed by atoms with Crippen molar-refractivity contribution in [1.82, 2.24) is 20.1 Å². The molecule has 3 rings (SSSR count). The number of nitrogens with one attached hydrogen (secondary N) is 2. The molecule has 1 saturated heterocycles. The topological polar surface area (TPSA) is 126 Å². The normalized spacial score (nSPS) is 18.8. The number of aromatic nitrogens is 3. The van der Waals surface area contributed by atoms with Crippen molar-refractivity contribution in [1.29, 1.82) is 0 Å². The molecule has 1 aliphatic rings. The average molecular weight is 395 g/mol. The van der Waals surface area contributed by atoms with Gasteiger partial charge in [0.2, 0.25) is 11.9 Å². The van der Waals surface area contributed by atoms with Crippen LogP contribution in [0.3, 0.4) is 0 Å². The number of anilines is 3. The van der Waals surface area contributed by atoms with Gasteiger partial charge in [0, 0.05) is 24.3 Å². The van der Waals surface area contributed by atoms with Crippen molar-refractivity contribution in [2.24, 2.45) is 5.73 Å². The fraction of sp³-hybridized carbons (Fsp3) is 0.350. The van der Waals surface area contributed by atoms with Crippen LogP contribution >= 0.6 is 0 Å². The molecular weight excluding hydrogens is 370 g/mol. The van der Waals surface area contributed by atoms with E-state index >= 15 is 0 Å². The summed E-state index contributed by atoms with van der Waals surface area (Å²) in [6.07, 6.45) is 3.02. The first-order chi connectivity index (χ1) is 13.9. The Morgan fingerprint density at radius 2 is 2.00 bits per heavy atom. The Labute approximate surface area is 169 Å². The van der Waals surface area contributed by atoms with E-state index in [-0.39, 0.29) is 35.5 Å². The predicted octanol–water partition coefficient (Wildman–Crippen LogP) is 2.00. The zero-order valence-electron chi connectivity index (χ0n) is 16.6. The Morgan fingerprint density at radius 3 is 2.66 bits per heavy atom. The number of primary amides is 1. The number of hydrogen-bond acceptors (Lipinski definition) is 7. The van der Waals surface area contributed by atoms with Crippen molar-refractivity contribution < 1.29 is 9.59 Å². The molecule has 9 nitrogen and oxygen atoms in total. The molecule has 0 bridgehead atoms. The van der Waals surface area contributed by atoms with Crippen LogP contribution < -0.4 is 16.4 Å². The minimum atomic E-state index is -0.722. The summed E-state index contributed by atoms with van der Waals surface area (Å²) in [5, 5.41) is 14.3. The van der Waals surface area contributed by atoms with Crippen LogP contribution in [0.25, 0.3) is 0 Å². The number of likely N-dealkylation sites (tertiary alicyclic amines) is 1. The highest BCUT2D eigenvalue weighted by Crippen LogP contribution is 2.23. The number of piperidine rings is 1. The van der Waals surface area contributed by atoms with Gasteiger partial charge in [0.05, 0.1) is 0 Å². The molecule has 29 heavy (non-hydrogen) atoms. The van der Waals surface area contributed by atoms with Crippen LogP contribution in [-0.4, -0.2) is 50.5 Å². The minimum Gasteiger partial charge on any atom is -0.364 e. The summed E-state index contributed by atoms with van der Waals surface area (Å²) in [6, 6.07) is 7.50. The van der Waals surface area contributed by atoms with E-state index in [0.29, 0.717) is 6.54 Å². The molecule has 0 spiro atoms. The van der Waals surface area contributed by atoms with Gasteiger partial charge in [-0.05, 0) is 44.9 Å². The van der Waals surface area contributed by atoms with Gasteiger partial charge in [-0.2, -0.15) is 4.98 Å². The summed E-state index contributed by atoms with van der Waals surface area (Å²) in [6.45, 7) is 8.20. The lowest BCUT2D eigenvalue weighted by molar-refractivity contribution is -0.129. The number of hydrogen-bond donors (Lipinski definition) is 3. The lowest BCUT2D eigenvalue weighted by atomic mass is 9.97. The number of amides is 2. The monoisotopic (exact) mass is 395 g/mol. The molecule has 1 aliphatic heterocycles. The number of aryl methyl sites for hydroxylation is 1. The third-order valence-electron chi connectivity index (χ3n) is 4.99. The zero-order valence-corrected chi connectivity index (χ0v) is 16.6. The van der Waals surface area contributed by atoms with E-state index in [1.165, 1.54) is 6.08 Å². The highest BCUT2D eigenvalue weighted by atomic mass is 16.2. The zero-order chi connectivity index (χ0) is 21.0. The van der Waals surface area contributed by atoms with Crippen LogP contribution in [-0.2, 0) is 4.79 Å². The Morgan fingerprint density at radius 1 is 1.28 bits per heavy atom. The summed E-state index contributed by atoms with van der Waals surface area (Å²) in [7, 11) is 0. The van der Waals surface area contributed by atoms with Crippen LogP contribution in [0.15, 0.2) is 36.9 Å². The fourth-order valence-electron chi connectivity index (χ4n) is 3.34. The molecule has 2 aromatic rings. The number of rotatable bonds is 6. The van der Waals surface area contributed by atoms with E-state index in [2.05, 4.69) is 32.4 Å². The van der Waals surface area contributed by atoms with Crippen molar-refractivity contribution >= 4 is 29.3 Å². The molecule has 152 valence electrons. The van der Waals surface area contributed by atoms with Crippen LogP contribution in [0.4, 0.5) is 17.5 Å². The lowest BCUT2D eigenvalue weighted by Gasteiger charge is -2.39. The molecule has 1 fully saturated rings. The van der Waals surface area contributed by atoms with Crippen LogP contribution in [0.5, 0.6) is 0 Å². The maximum atomic E-state index is 12.1. The third kappa shape index (κ3) is 4.68. The SMILES string of the molecule is C=CC(=O)N1CCC[C@@H](Nc2nnc(C(N)=O)c(Nc3ccc(C)cc3)n2)[C@H]1C. The molecule has 4 N–H and O–H groups in total. The molecular formula is C20H25N7O2. The number of carbonyl (C=O) groups excluding carboxylic acids is 2. The van der Waals surface area contributed by atoms with Gasteiger partial charge in [0.25, 0.3) is 5.91 Å². The van der Waals surface area contributed by atoms with E-state index in [0.717, 1.165) is 24.1 Å². The van der Waals surface area contributed by atoms with Gasteiger partial charge in [0.15, 0.2) is 11.5 Å². The van der Waals surface area contributed by atoms with Gasteiger partial charge in [-0.15, -0.1) is 10.2 Å². The largest absolute Gasteiger partial charge is 0.364 e. The first kappa shape index (κ1) is 20.2. The second-order valence-electron chi connectivity index (χ2n) is 7.06. The van der Waals surface area contributed by atoms with Crippen molar-refractivity contribution in [3.05, 3.63) is 48.2 Å². The van der Waals surface area contributed by atoms with Crippen molar-refractivity contribution in [3.63, 3.8) is 0 Å². The van der Waals surface area contributed by atoms with Crippen LogP contribution in [0.2, 0.25) is 0 Å². The van der Waals surface area contributed by atoms with Gasteiger partial charge in [0.1, 0.15) is 0 Å². The van der Waals surface area contributed by atoms with Crippen LogP contribution in [0, 0.1) is 6.92 Å². The van der Waals surface area contributed by atoms with Gasteiger partial charge >= 0.3 is 0 Å². The first-order valence-corrected chi connectivity index (χ1v) is 9.47. The Balaban J connectivity index is 1.82. The quantitative estimate of drug-likeness (QED) is 0.639. The van der Waals surface area contributed by atoms with Gasteiger partial charge in [-0.1, -0.05) is 24.3 Å². The fourth-order valence-corrected chi connectivity index (χ4v) is 3.34. The Bertz CT molecular complexity index is 914. The number of nitrogens with two attached hydrogens (primary N) is 1. The number of carbonyl (C=O) groups is 2. The van der Waals surface area contributed by atoms with Crippen LogP contribution in [0.1, 0.15) is 35.8 Å². The van der Waals surface area contributed by atoms with E-state index in [4.69, 9.17) is 5.73 Å². The molecule has 2 atom stereocenters. The third-order valence-corrected chi connectivity index (χ3v) is 4.99. The molecule has 9 heteroatoms. The maximum Gasteiger partial charge on any atom is 0.273 e. The highest BCUT2D eigenvalue weighted by Gasteiger charge is 2.30. The molecule has 0 aliphatic carbocycles. The van der Waals surface area contributed by atoms with Gasteiger partial charge in [-0.25, -0.2) is 0 Å². The van der Waals surface area contributed by atoms with E-state index in [1.54, 1.807) is 4.90 Å². The Kier molecular flexibility index (Phi) is 6.06. The number of benzene rings is 1. The van der Waals surface area contributed by atoms with E-state index in [1.807, 2.05) is 38.1 Å². The molecule has 0 unspecified atom stereocenters. The second-order valence-corrected chi connectivity index (χ2v) is 7.06. The van der Waals surface area contributed by atoms with Gasteiger partial charge in [-0.3, -0.25) is 9.59 Å². The molecule has 0 radical (unpaired) electrons. The van der Waals surface area contributed by atoms with Crippen molar-refractivity contribution in [2.75, 3.05) is 17.2 Å². The second kappa shape index (κ2) is 8.68. The van der Waals surface area contributed by atoms with Crippen molar-refractivity contribution in [2.45, 2.75) is 38.8 Å². The maximum absolute atomic E-state index is 12.1. The average Bonchev–Trinajstić information content (AvgIpc) is 2.70. The summed E-state index contributed by atoms with van der Waals surface area (Å²) in [5.41, 5.74) is 7.23. The predicted molar refractivity (Wildman–Crippen MR) is 111 cm³/mol. The standard InChI is InChI=1S/C20H25N7O2/c1-4-16(28)27-11-5-6-15(13(27)3)23-20-24-19(17(18(21)29)25-26-20)22-14-9-7-12(2)8-10-14/h4,7-10,13,15H,1,5-6,11H2,2-3H3,(H2,21,29)(H2,22,23,24,26)/t13-,15-/m1/s1. The molecule has 1 aromatic carbocycles. The molecule has 2 amide bonds. The number of nitrogens with zero attached hydrogens (tertiary/aromatic N) is 4. The van der Waals surface area contributed by atoms with E-state index < -0.39 is 5.91 Å². The Hall–Kier alpha value is -3.49. The highest BCUT2D eigenvalue weighted by molar-refractivity contribution is 5.96. The molecule has 1 aromatic heterocycles. The summed E-state index contributed by atoms with van der Waals surface area (Å²) in [5.74, 6) is -0.343. The van der Waals surface area contributed by atoms with Crippen molar-refractivity contribution in [3.8, 4) is 0 Å². The summed E-state index contributed by atoms with van der Waals surface area (Å²) in [4.78, 5) is 30.0. The smallest absolute Gasteiger partial charge is 0.273 e. The summed E-state index contributed by atoms with van der Waals surface area (Å²) >= 11 is 0. The van der Waals surface area contributed by atoms with E-state index in [9.17, 15) is 9.59 Å². The summed E-state index contributed by atoms with van der Waals surface area (Å²) < 4.78 is 0.